The van der Waals surface area contributed by atoms with Gasteiger partial charge < -0.3 is 14.8 Å². The van der Waals surface area contributed by atoms with Gasteiger partial charge in [0.25, 0.3) is 0 Å². The van der Waals surface area contributed by atoms with Gasteiger partial charge in [-0.1, -0.05) is 140 Å². The van der Waals surface area contributed by atoms with Crippen molar-refractivity contribution < 1.29 is 9.47 Å². The van der Waals surface area contributed by atoms with Crippen LogP contribution in [0, 0.1) is 0 Å². The van der Waals surface area contributed by atoms with Crippen molar-refractivity contribution in [3.63, 3.8) is 0 Å². The zero-order valence-corrected chi connectivity index (χ0v) is 28.3. The van der Waals surface area contributed by atoms with Crippen LogP contribution in [0.4, 0.5) is 11.4 Å². The Morgan fingerprint density at radius 1 is 0.327 bits per heavy atom. The number of anilines is 2. The third-order valence-electron chi connectivity index (χ3n) is 10.4. The minimum absolute atomic E-state index is 0.704. The number of rotatable bonds is 5. The van der Waals surface area contributed by atoms with Crippen LogP contribution in [0.5, 0.6) is 23.0 Å². The van der Waals surface area contributed by atoms with Crippen molar-refractivity contribution in [1.82, 2.24) is 0 Å². The van der Waals surface area contributed by atoms with Crippen LogP contribution in [0.15, 0.2) is 194 Å². The fourth-order valence-corrected chi connectivity index (χ4v) is 8.03. The van der Waals surface area contributed by atoms with E-state index in [-0.39, 0.29) is 0 Å². The first-order valence-corrected chi connectivity index (χ1v) is 17.7. The van der Waals surface area contributed by atoms with Gasteiger partial charge >= 0.3 is 0 Å². The SMILES string of the molecule is c1ccc(Nc2cc(-c3ccc4c(c3)C3(c5ccccc5Oc5ccccc53)c3cc(-c5ccccc5)ccc3O4)ccc2-c2ccccc2)cc1. The van der Waals surface area contributed by atoms with Crippen LogP contribution >= 0.6 is 0 Å². The molecule has 10 rings (SSSR count). The zero-order valence-electron chi connectivity index (χ0n) is 28.3. The number of hydrogen-bond donors (Lipinski definition) is 1. The Hall–Kier alpha value is -6.84. The van der Waals surface area contributed by atoms with E-state index in [1.807, 2.05) is 18.2 Å². The molecule has 0 saturated heterocycles. The molecule has 0 amide bonds. The van der Waals surface area contributed by atoms with E-state index < -0.39 is 5.41 Å². The highest BCUT2D eigenvalue weighted by atomic mass is 16.5. The quantitative estimate of drug-likeness (QED) is 0.198. The number of ether oxygens (including phenoxy) is 2. The molecule has 1 spiro atoms. The lowest BCUT2D eigenvalue weighted by molar-refractivity contribution is 0.399. The van der Waals surface area contributed by atoms with Crippen LogP contribution in [0.1, 0.15) is 22.3 Å². The molecule has 52 heavy (non-hydrogen) atoms. The Labute approximate surface area is 303 Å². The molecule has 0 radical (unpaired) electrons. The summed E-state index contributed by atoms with van der Waals surface area (Å²) >= 11 is 0. The molecule has 2 aliphatic rings. The van der Waals surface area contributed by atoms with Gasteiger partial charge in [0.1, 0.15) is 23.0 Å². The van der Waals surface area contributed by atoms with Crippen LogP contribution in [0.2, 0.25) is 0 Å². The van der Waals surface area contributed by atoms with Gasteiger partial charge in [0, 0.05) is 39.2 Å². The Bertz CT molecular complexity index is 2550. The van der Waals surface area contributed by atoms with E-state index in [9.17, 15) is 0 Å². The van der Waals surface area contributed by atoms with Crippen LogP contribution < -0.4 is 14.8 Å². The third kappa shape index (κ3) is 4.82. The highest BCUT2D eigenvalue weighted by molar-refractivity contribution is 5.86. The van der Waals surface area contributed by atoms with Crippen molar-refractivity contribution in [1.29, 1.82) is 0 Å². The lowest BCUT2D eigenvalue weighted by Gasteiger charge is -2.45. The maximum absolute atomic E-state index is 6.84. The van der Waals surface area contributed by atoms with Crippen LogP contribution in [-0.4, -0.2) is 0 Å². The number of para-hydroxylation sites is 3. The molecule has 0 aliphatic carbocycles. The zero-order chi connectivity index (χ0) is 34.5. The summed E-state index contributed by atoms with van der Waals surface area (Å²) in [6.45, 7) is 0. The van der Waals surface area contributed by atoms with E-state index in [0.717, 1.165) is 90.0 Å². The lowest BCUT2D eigenvalue weighted by Crippen LogP contribution is -2.36. The van der Waals surface area contributed by atoms with E-state index in [1.165, 1.54) is 0 Å². The topological polar surface area (TPSA) is 30.5 Å². The van der Waals surface area contributed by atoms with Crippen LogP contribution in [-0.2, 0) is 5.41 Å². The molecular weight excluding hydrogens is 635 g/mol. The minimum atomic E-state index is -0.704. The number of benzene rings is 8. The van der Waals surface area contributed by atoms with Gasteiger partial charge in [-0.05, 0) is 82.4 Å². The van der Waals surface area contributed by atoms with E-state index in [2.05, 4.69) is 181 Å². The molecule has 3 nitrogen and oxygen atoms in total. The molecule has 8 aromatic carbocycles. The van der Waals surface area contributed by atoms with Crippen LogP contribution in [0.3, 0.4) is 0 Å². The van der Waals surface area contributed by atoms with Gasteiger partial charge in [-0.3, -0.25) is 0 Å². The second-order valence-corrected chi connectivity index (χ2v) is 13.4. The van der Waals surface area contributed by atoms with Crippen LogP contribution in [0.25, 0.3) is 33.4 Å². The summed E-state index contributed by atoms with van der Waals surface area (Å²) in [4.78, 5) is 0. The lowest BCUT2D eigenvalue weighted by atomic mass is 9.62. The molecule has 1 N–H and O–H groups in total. The summed E-state index contributed by atoms with van der Waals surface area (Å²) in [5.74, 6) is 3.36. The summed E-state index contributed by atoms with van der Waals surface area (Å²) < 4.78 is 13.5. The highest BCUT2D eigenvalue weighted by Gasteiger charge is 2.50. The third-order valence-corrected chi connectivity index (χ3v) is 10.4. The molecule has 0 bridgehead atoms. The monoisotopic (exact) mass is 667 g/mol. The smallest absolute Gasteiger partial charge is 0.132 e. The van der Waals surface area contributed by atoms with E-state index in [4.69, 9.17) is 9.47 Å². The van der Waals surface area contributed by atoms with E-state index in [1.54, 1.807) is 0 Å². The predicted molar refractivity (Wildman–Crippen MR) is 211 cm³/mol. The first-order chi connectivity index (χ1) is 25.8. The normalized spacial score (nSPS) is 13.1. The fraction of sp³-hybridized carbons (Fsp3) is 0.0204. The number of nitrogens with one attached hydrogen (secondary N) is 1. The molecule has 0 aromatic heterocycles. The number of fused-ring (bicyclic) bond motifs is 8. The van der Waals surface area contributed by atoms with Gasteiger partial charge in [-0.25, -0.2) is 0 Å². The summed E-state index contributed by atoms with van der Waals surface area (Å²) in [5.41, 5.74) is 12.5. The molecular formula is C49H33NO2. The molecule has 2 aliphatic heterocycles. The Morgan fingerprint density at radius 2 is 0.769 bits per heavy atom. The molecule has 8 aromatic rings. The molecule has 3 heteroatoms. The van der Waals surface area contributed by atoms with Crippen molar-refractivity contribution in [3.05, 3.63) is 216 Å². The van der Waals surface area contributed by atoms with Gasteiger partial charge in [0.2, 0.25) is 0 Å². The van der Waals surface area contributed by atoms with Gasteiger partial charge in [-0.15, -0.1) is 0 Å². The maximum atomic E-state index is 6.84. The molecule has 0 saturated carbocycles. The second kappa shape index (κ2) is 12.2. The molecule has 0 atom stereocenters. The van der Waals surface area contributed by atoms with E-state index in [0.29, 0.717) is 0 Å². The predicted octanol–water partition coefficient (Wildman–Crippen LogP) is 13.0. The molecule has 0 fully saturated rings. The first kappa shape index (κ1) is 30.0. The van der Waals surface area contributed by atoms with Crippen molar-refractivity contribution in [2.24, 2.45) is 0 Å². The summed E-state index contributed by atoms with van der Waals surface area (Å²) in [6, 6.07) is 68.3. The second-order valence-electron chi connectivity index (χ2n) is 13.4. The molecule has 246 valence electrons. The van der Waals surface area contributed by atoms with Gasteiger partial charge in [0.15, 0.2) is 0 Å². The average molecular weight is 668 g/mol. The Morgan fingerprint density at radius 3 is 1.37 bits per heavy atom. The summed E-state index contributed by atoms with van der Waals surface area (Å²) in [7, 11) is 0. The Kier molecular flexibility index (Phi) is 7.04. The van der Waals surface area contributed by atoms with Crippen molar-refractivity contribution in [2.45, 2.75) is 5.41 Å². The van der Waals surface area contributed by atoms with Crippen molar-refractivity contribution in [2.75, 3.05) is 5.32 Å². The van der Waals surface area contributed by atoms with Crippen molar-refractivity contribution >= 4 is 11.4 Å². The standard InChI is InChI=1S/C49H33NO2/c1-4-14-33(15-5-1)35-25-28-47-42(30-35)49(40-20-10-12-22-45(40)51-46-23-13-11-21-41(46)49)43-31-36(26-29-48(43)52-47)37-24-27-39(34-16-6-2-7-17-34)44(32-37)50-38-18-8-3-9-19-38/h1-32,50H. The maximum Gasteiger partial charge on any atom is 0.132 e. The highest BCUT2D eigenvalue weighted by Crippen LogP contribution is 2.62. The minimum Gasteiger partial charge on any atom is -0.457 e. The average Bonchev–Trinajstić information content (AvgIpc) is 3.21. The fourth-order valence-electron chi connectivity index (χ4n) is 8.03. The summed E-state index contributed by atoms with van der Waals surface area (Å²) in [5, 5.41) is 3.72. The van der Waals surface area contributed by atoms with Gasteiger partial charge in [-0.2, -0.15) is 0 Å². The molecule has 0 unspecified atom stereocenters. The van der Waals surface area contributed by atoms with Gasteiger partial charge in [0.05, 0.1) is 5.41 Å². The van der Waals surface area contributed by atoms with Crippen molar-refractivity contribution in [3.8, 4) is 56.4 Å². The first-order valence-electron chi connectivity index (χ1n) is 17.7. The number of hydrogen-bond acceptors (Lipinski definition) is 3. The molecule has 2 heterocycles. The van der Waals surface area contributed by atoms with E-state index >= 15 is 0 Å². The largest absolute Gasteiger partial charge is 0.457 e. The summed E-state index contributed by atoms with van der Waals surface area (Å²) in [6.07, 6.45) is 0. The Balaban J connectivity index is 1.22.